The van der Waals surface area contributed by atoms with Crippen molar-refractivity contribution in [3.63, 3.8) is 0 Å². The predicted octanol–water partition coefficient (Wildman–Crippen LogP) is 2.10. The van der Waals surface area contributed by atoms with E-state index in [0.29, 0.717) is 10.6 Å². The first-order valence-electron chi connectivity index (χ1n) is 4.82. The average Bonchev–Trinajstić information content (AvgIpc) is 2.30. The molecular weight excluding hydrogens is 260 g/mol. The van der Waals surface area contributed by atoms with Crippen LogP contribution in [0.3, 0.4) is 0 Å². The van der Waals surface area contributed by atoms with Gasteiger partial charge in [-0.2, -0.15) is 0 Å². The molecule has 17 heavy (non-hydrogen) atoms. The van der Waals surface area contributed by atoms with Crippen molar-refractivity contribution in [2.75, 3.05) is 0 Å². The Morgan fingerprint density at radius 3 is 2.24 bits per heavy atom. The monoisotopic (exact) mass is 268 g/mol. The van der Waals surface area contributed by atoms with Crippen molar-refractivity contribution in [1.29, 1.82) is 0 Å². The molecule has 4 nitrogen and oxygen atoms in total. The quantitative estimate of drug-likeness (QED) is 0.800. The number of halogens is 1. The Morgan fingerprint density at radius 2 is 1.65 bits per heavy atom. The van der Waals surface area contributed by atoms with E-state index in [1.165, 1.54) is 12.4 Å². The molecule has 0 spiro atoms. The van der Waals surface area contributed by atoms with Gasteiger partial charge in [-0.15, -0.1) is 0 Å². The highest BCUT2D eigenvalue weighted by Crippen LogP contribution is 2.13. The highest BCUT2D eigenvalue weighted by molar-refractivity contribution is 7.90. The van der Waals surface area contributed by atoms with Crippen molar-refractivity contribution in [3.05, 3.63) is 53.3 Å². The standard InChI is InChI=1S/C11H9ClN2O2S/c12-10-6-13-11(14-7-10)17(15,16)8-9-4-2-1-3-5-9/h1-7H,8H2. The number of rotatable bonds is 3. The lowest BCUT2D eigenvalue weighted by atomic mass is 10.2. The first-order chi connectivity index (χ1) is 8.08. The van der Waals surface area contributed by atoms with Crippen LogP contribution in [0.15, 0.2) is 47.9 Å². The number of aromatic nitrogens is 2. The summed E-state index contributed by atoms with van der Waals surface area (Å²) in [6, 6.07) is 8.89. The van der Waals surface area contributed by atoms with Crippen LogP contribution in [0.2, 0.25) is 5.02 Å². The maximum Gasteiger partial charge on any atom is 0.247 e. The Bertz CT molecular complexity index is 597. The van der Waals surface area contributed by atoms with Crippen molar-refractivity contribution >= 4 is 21.4 Å². The van der Waals surface area contributed by atoms with E-state index < -0.39 is 9.84 Å². The molecule has 0 aliphatic carbocycles. The summed E-state index contributed by atoms with van der Waals surface area (Å²) < 4.78 is 23.9. The molecule has 0 fully saturated rings. The Hall–Kier alpha value is -1.46. The van der Waals surface area contributed by atoms with E-state index >= 15 is 0 Å². The molecule has 1 heterocycles. The Morgan fingerprint density at radius 1 is 1.06 bits per heavy atom. The molecule has 0 aliphatic rings. The van der Waals surface area contributed by atoms with E-state index in [4.69, 9.17) is 11.6 Å². The second-order valence-electron chi connectivity index (χ2n) is 3.43. The van der Waals surface area contributed by atoms with Crippen LogP contribution >= 0.6 is 11.6 Å². The fourth-order valence-electron chi connectivity index (χ4n) is 1.32. The first kappa shape index (κ1) is 12.0. The van der Waals surface area contributed by atoms with E-state index in [9.17, 15) is 8.42 Å². The van der Waals surface area contributed by atoms with Gasteiger partial charge in [0.05, 0.1) is 23.2 Å². The summed E-state index contributed by atoms with van der Waals surface area (Å²) >= 11 is 5.60. The molecule has 88 valence electrons. The average molecular weight is 269 g/mol. The maximum absolute atomic E-state index is 11.9. The highest BCUT2D eigenvalue weighted by Gasteiger charge is 2.18. The molecule has 2 rings (SSSR count). The summed E-state index contributed by atoms with van der Waals surface area (Å²) in [6.45, 7) is 0. The number of nitrogens with zero attached hydrogens (tertiary/aromatic N) is 2. The largest absolute Gasteiger partial charge is 0.247 e. The zero-order chi connectivity index (χ0) is 12.3. The molecule has 6 heteroatoms. The second-order valence-corrected chi connectivity index (χ2v) is 5.75. The zero-order valence-electron chi connectivity index (χ0n) is 8.75. The van der Waals surface area contributed by atoms with Gasteiger partial charge in [0.1, 0.15) is 0 Å². The zero-order valence-corrected chi connectivity index (χ0v) is 10.3. The van der Waals surface area contributed by atoms with Gasteiger partial charge in [-0.05, 0) is 5.56 Å². The molecule has 1 aromatic heterocycles. The second kappa shape index (κ2) is 4.81. The van der Waals surface area contributed by atoms with Gasteiger partial charge in [0, 0.05) is 0 Å². The van der Waals surface area contributed by atoms with Crippen LogP contribution in [0.5, 0.6) is 0 Å². The SMILES string of the molecule is O=S(=O)(Cc1ccccc1)c1ncc(Cl)cn1. The van der Waals surface area contributed by atoms with Crippen LogP contribution < -0.4 is 0 Å². The van der Waals surface area contributed by atoms with Gasteiger partial charge < -0.3 is 0 Å². The molecule has 2 aromatic rings. The third-order valence-electron chi connectivity index (χ3n) is 2.07. The van der Waals surface area contributed by atoms with Gasteiger partial charge in [-0.25, -0.2) is 18.4 Å². The van der Waals surface area contributed by atoms with Crippen molar-refractivity contribution < 1.29 is 8.42 Å². The van der Waals surface area contributed by atoms with Crippen LogP contribution in [-0.2, 0) is 15.6 Å². The summed E-state index contributed by atoms with van der Waals surface area (Å²) in [5, 5.41) is 0.106. The van der Waals surface area contributed by atoms with Crippen molar-refractivity contribution in [2.24, 2.45) is 0 Å². The van der Waals surface area contributed by atoms with Gasteiger partial charge >= 0.3 is 0 Å². The van der Waals surface area contributed by atoms with Crippen molar-refractivity contribution in [3.8, 4) is 0 Å². The fraction of sp³-hybridized carbons (Fsp3) is 0.0909. The predicted molar refractivity (Wildman–Crippen MR) is 64.4 cm³/mol. The lowest BCUT2D eigenvalue weighted by Gasteiger charge is -2.02. The Balaban J connectivity index is 2.29. The minimum absolute atomic E-state index is 0.116. The van der Waals surface area contributed by atoms with Gasteiger partial charge in [0.25, 0.3) is 0 Å². The maximum atomic E-state index is 11.9. The van der Waals surface area contributed by atoms with Crippen LogP contribution in [0.25, 0.3) is 0 Å². The van der Waals surface area contributed by atoms with Crippen LogP contribution in [0.1, 0.15) is 5.56 Å². The van der Waals surface area contributed by atoms with E-state index in [2.05, 4.69) is 9.97 Å². The van der Waals surface area contributed by atoms with Gasteiger partial charge in [-0.3, -0.25) is 0 Å². The third-order valence-corrected chi connectivity index (χ3v) is 3.75. The molecule has 1 aromatic carbocycles. The van der Waals surface area contributed by atoms with E-state index in [1.54, 1.807) is 24.3 Å². The summed E-state index contributed by atoms with van der Waals surface area (Å²) in [7, 11) is -3.51. The lowest BCUT2D eigenvalue weighted by Crippen LogP contribution is -2.08. The molecular formula is C11H9ClN2O2S. The first-order valence-corrected chi connectivity index (χ1v) is 6.85. The van der Waals surface area contributed by atoms with Gasteiger partial charge in [0.2, 0.25) is 15.0 Å². The molecule has 0 amide bonds. The minimum atomic E-state index is -3.51. The number of benzene rings is 1. The fourth-order valence-corrected chi connectivity index (χ4v) is 2.60. The molecule has 0 atom stereocenters. The molecule has 0 aliphatic heterocycles. The van der Waals surface area contributed by atoms with Crippen LogP contribution in [0.4, 0.5) is 0 Å². The third kappa shape index (κ3) is 3.01. The molecule has 0 unspecified atom stereocenters. The summed E-state index contributed by atoms with van der Waals surface area (Å²) in [6.07, 6.45) is 2.54. The van der Waals surface area contributed by atoms with Crippen LogP contribution in [0, 0.1) is 0 Å². The number of hydrogen-bond acceptors (Lipinski definition) is 4. The Kier molecular flexibility index (Phi) is 3.40. The molecule has 0 bridgehead atoms. The van der Waals surface area contributed by atoms with E-state index in [0.717, 1.165) is 0 Å². The van der Waals surface area contributed by atoms with E-state index in [-0.39, 0.29) is 10.9 Å². The molecule has 0 N–H and O–H groups in total. The number of hydrogen-bond donors (Lipinski definition) is 0. The molecule has 0 radical (unpaired) electrons. The number of sulfone groups is 1. The molecule has 0 saturated heterocycles. The van der Waals surface area contributed by atoms with Crippen molar-refractivity contribution in [1.82, 2.24) is 9.97 Å². The normalized spacial score (nSPS) is 11.4. The Labute approximate surface area is 104 Å². The lowest BCUT2D eigenvalue weighted by molar-refractivity contribution is 0.586. The molecule has 0 saturated carbocycles. The smallest absolute Gasteiger partial charge is 0.225 e. The summed E-state index contributed by atoms with van der Waals surface area (Å²) in [5.74, 6) is -0.116. The summed E-state index contributed by atoms with van der Waals surface area (Å²) in [4.78, 5) is 7.43. The summed E-state index contributed by atoms with van der Waals surface area (Å²) in [5.41, 5.74) is 0.700. The van der Waals surface area contributed by atoms with Gasteiger partial charge in [-0.1, -0.05) is 41.9 Å². The highest BCUT2D eigenvalue weighted by atomic mass is 35.5. The van der Waals surface area contributed by atoms with Gasteiger partial charge in [0.15, 0.2) is 0 Å². The topological polar surface area (TPSA) is 59.9 Å². The van der Waals surface area contributed by atoms with E-state index in [1.807, 2.05) is 6.07 Å². The van der Waals surface area contributed by atoms with Crippen LogP contribution in [-0.4, -0.2) is 18.4 Å². The minimum Gasteiger partial charge on any atom is -0.225 e. The van der Waals surface area contributed by atoms with Crippen molar-refractivity contribution in [2.45, 2.75) is 10.9 Å².